The largest absolute Gasteiger partial charge is 0.494 e. The molecular weight excluding hydrogens is 526 g/mol. The van der Waals surface area contributed by atoms with Crippen LogP contribution >= 0.6 is 0 Å². The molecule has 0 unspecified atom stereocenters. The second-order valence-electron chi connectivity index (χ2n) is 9.03. The van der Waals surface area contributed by atoms with Gasteiger partial charge in [0, 0.05) is 11.8 Å². The number of furan rings is 1. The van der Waals surface area contributed by atoms with Gasteiger partial charge in [-0.05, 0) is 57.0 Å². The summed E-state index contributed by atoms with van der Waals surface area (Å²) >= 11 is 0. The average Bonchev–Trinajstić information content (AvgIpc) is 3.56. The number of aromatic nitrogens is 4. The van der Waals surface area contributed by atoms with Crippen molar-refractivity contribution in [3.8, 4) is 34.5 Å². The fraction of sp³-hybridized carbons (Fsp3) is 0.346. The molecule has 0 aliphatic carbocycles. The predicted molar refractivity (Wildman–Crippen MR) is 142 cm³/mol. The summed E-state index contributed by atoms with van der Waals surface area (Å²) in [5.74, 6) is 2.25. The van der Waals surface area contributed by atoms with Crippen molar-refractivity contribution in [1.82, 2.24) is 19.7 Å². The third kappa shape index (κ3) is 4.90. The van der Waals surface area contributed by atoms with Gasteiger partial charge in [0.05, 0.1) is 26.5 Å². The third-order valence-corrected chi connectivity index (χ3v) is 8.25. The number of para-hydroxylation sites is 1. The fourth-order valence-electron chi connectivity index (χ4n) is 4.47. The number of pyridine rings is 1. The molecule has 0 saturated carbocycles. The normalized spacial score (nSPS) is 14.7. The zero-order valence-electron chi connectivity index (χ0n) is 21.9. The first-order chi connectivity index (χ1) is 18.7. The zero-order valence-corrected chi connectivity index (χ0v) is 22.7. The van der Waals surface area contributed by atoms with Crippen LogP contribution in [0.3, 0.4) is 0 Å². The predicted octanol–water partition coefficient (Wildman–Crippen LogP) is 3.44. The van der Waals surface area contributed by atoms with E-state index in [0.29, 0.717) is 58.7 Å². The molecule has 206 valence electrons. The van der Waals surface area contributed by atoms with Crippen molar-refractivity contribution in [2.75, 3.05) is 25.5 Å². The Bertz CT molecular complexity index is 1580. The van der Waals surface area contributed by atoms with Crippen LogP contribution in [0.4, 0.5) is 5.95 Å². The van der Waals surface area contributed by atoms with E-state index >= 15 is 0 Å². The number of hydrogen-bond acceptors (Lipinski definition) is 10. The number of ether oxygens (including phenoxy) is 3. The Morgan fingerprint density at radius 1 is 1.10 bits per heavy atom. The number of nitrogens with zero attached hydrogens (tertiary/aromatic N) is 4. The van der Waals surface area contributed by atoms with Crippen LogP contribution in [0.15, 0.2) is 47.0 Å². The lowest BCUT2D eigenvalue weighted by atomic mass is 10.0. The van der Waals surface area contributed by atoms with Crippen LogP contribution in [0.2, 0.25) is 0 Å². The third-order valence-electron chi connectivity index (χ3n) is 6.55. The Morgan fingerprint density at radius 2 is 1.85 bits per heavy atom. The number of aliphatic hydroxyl groups is 1. The number of aryl methyl sites for hydroxylation is 2. The highest BCUT2D eigenvalue weighted by molar-refractivity contribution is 7.93. The highest BCUT2D eigenvalue weighted by Crippen LogP contribution is 2.39. The van der Waals surface area contributed by atoms with E-state index in [4.69, 9.17) is 18.6 Å². The molecule has 2 atom stereocenters. The highest BCUT2D eigenvalue weighted by Gasteiger charge is 2.35. The lowest BCUT2D eigenvalue weighted by Crippen LogP contribution is -2.32. The lowest BCUT2D eigenvalue weighted by Gasteiger charge is -2.25. The van der Waals surface area contributed by atoms with Gasteiger partial charge in [-0.2, -0.15) is 0 Å². The number of nitrogens with one attached hydrogen (secondary N) is 1. The lowest BCUT2D eigenvalue weighted by molar-refractivity contribution is 0.167. The molecule has 0 radical (unpaired) electrons. The molecule has 4 aromatic rings. The van der Waals surface area contributed by atoms with Gasteiger partial charge < -0.3 is 23.7 Å². The van der Waals surface area contributed by atoms with Crippen LogP contribution in [0.5, 0.6) is 17.2 Å². The summed E-state index contributed by atoms with van der Waals surface area (Å²) in [6.45, 7) is 3.66. The first-order valence-corrected chi connectivity index (χ1v) is 13.8. The van der Waals surface area contributed by atoms with Gasteiger partial charge in [-0.1, -0.05) is 6.07 Å². The van der Waals surface area contributed by atoms with Gasteiger partial charge in [0.25, 0.3) is 0 Å². The Hall–Kier alpha value is -4.10. The molecule has 0 amide bonds. The SMILES string of the molecule is COc1cccc(OC)c1-n1c(NS(=O)(=O)[C@@H](C)[C@@H](O)c2ccnc3c2OCCC3)nnc1-c1ccc(C)o1. The molecular formula is C26H29N5O7S. The van der Waals surface area contributed by atoms with Gasteiger partial charge in [0.15, 0.2) is 5.76 Å². The minimum atomic E-state index is -4.23. The van der Waals surface area contributed by atoms with E-state index in [1.807, 2.05) is 0 Å². The number of benzene rings is 1. The average molecular weight is 556 g/mol. The Kier molecular flexibility index (Phi) is 7.19. The van der Waals surface area contributed by atoms with E-state index in [1.165, 1.54) is 25.7 Å². The molecule has 13 heteroatoms. The number of methoxy groups -OCH3 is 2. The van der Waals surface area contributed by atoms with Crippen LogP contribution in [-0.2, 0) is 16.4 Å². The topological polar surface area (TPSA) is 151 Å². The van der Waals surface area contributed by atoms with E-state index in [-0.39, 0.29) is 11.8 Å². The maximum absolute atomic E-state index is 13.6. The van der Waals surface area contributed by atoms with Crippen LogP contribution in [0, 0.1) is 6.92 Å². The highest BCUT2D eigenvalue weighted by atomic mass is 32.2. The Balaban J connectivity index is 1.57. The van der Waals surface area contributed by atoms with Crippen molar-refractivity contribution in [3.63, 3.8) is 0 Å². The quantitative estimate of drug-likeness (QED) is 0.314. The molecule has 12 nitrogen and oxygen atoms in total. The van der Waals surface area contributed by atoms with Gasteiger partial charge in [0.2, 0.25) is 21.8 Å². The first kappa shape index (κ1) is 26.5. The van der Waals surface area contributed by atoms with Crippen molar-refractivity contribution in [2.24, 2.45) is 0 Å². The van der Waals surface area contributed by atoms with Crippen LogP contribution in [0.25, 0.3) is 17.3 Å². The van der Waals surface area contributed by atoms with Gasteiger partial charge >= 0.3 is 0 Å². The smallest absolute Gasteiger partial charge is 0.243 e. The number of sulfonamides is 1. The summed E-state index contributed by atoms with van der Waals surface area (Å²) in [5, 5.41) is 18.2. The summed E-state index contributed by atoms with van der Waals surface area (Å²) in [4.78, 5) is 4.31. The maximum atomic E-state index is 13.6. The zero-order chi connectivity index (χ0) is 27.7. The summed E-state index contributed by atoms with van der Waals surface area (Å²) in [6.07, 6.45) is 1.63. The summed E-state index contributed by atoms with van der Waals surface area (Å²) in [5.41, 5.74) is 1.41. The number of aliphatic hydroxyl groups excluding tert-OH is 1. The standard InChI is InChI=1S/C26H29N5O7S/c1-15-10-11-21(38-15)25-28-29-26(31(25)22-19(35-3)8-5-9-20(22)36-4)30-39(33,34)16(2)23(32)17-12-13-27-18-7-6-14-37-24(17)18/h5,8-13,16,23,32H,6-7,14H2,1-4H3,(H,29,30)/t16-,23+/m0/s1. The van der Waals surface area contributed by atoms with Crippen molar-refractivity contribution in [1.29, 1.82) is 0 Å². The van der Waals surface area contributed by atoms with Gasteiger partial charge in [0.1, 0.15) is 40.1 Å². The van der Waals surface area contributed by atoms with Crippen molar-refractivity contribution >= 4 is 16.0 Å². The summed E-state index contributed by atoms with van der Waals surface area (Å²) in [6, 6.07) is 10.2. The monoisotopic (exact) mass is 555 g/mol. The van der Waals surface area contributed by atoms with Crippen LogP contribution < -0.4 is 18.9 Å². The summed E-state index contributed by atoms with van der Waals surface area (Å²) in [7, 11) is -1.26. The number of fused-ring (bicyclic) bond motifs is 1. The number of hydrogen-bond donors (Lipinski definition) is 2. The molecule has 5 rings (SSSR count). The maximum Gasteiger partial charge on any atom is 0.243 e. The van der Waals surface area contributed by atoms with Gasteiger partial charge in [-0.25, -0.2) is 8.42 Å². The Labute approximate surface area is 225 Å². The molecule has 0 spiro atoms. The minimum absolute atomic E-state index is 0.145. The molecule has 1 aliphatic rings. The fourth-order valence-corrected chi connectivity index (χ4v) is 5.53. The van der Waals surface area contributed by atoms with Gasteiger partial charge in [-0.3, -0.25) is 14.3 Å². The molecule has 2 N–H and O–H groups in total. The van der Waals surface area contributed by atoms with Crippen LogP contribution in [-0.4, -0.2) is 59.3 Å². The molecule has 4 heterocycles. The number of rotatable bonds is 9. The van der Waals surface area contributed by atoms with Crippen LogP contribution in [0.1, 0.15) is 36.5 Å². The molecule has 1 aromatic carbocycles. The van der Waals surface area contributed by atoms with Crippen molar-refractivity contribution < 1.29 is 32.2 Å². The van der Waals surface area contributed by atoms with Crippen molar-refractivity contribution in [2.45, 2.75) is 38.0 Å². The number of anilines is 1. The second-order valence-corrected chi connectivity index (χ2v) is 11.1. The second kappa shape index (κ2) is 10.6. The van der Waals surface area contributed by atoms with Crippen molar-refractivity contribution in [3.05, 3.63) is 59.6 Å². The van der Waals surface area contributed by atoms with E-state index in [1.54, 1.807) is 49.5 Å². The minimum Gasteiger partial charge on any atom is -0.494 e. The molecule has 3 aromatic heterocycles. The van der Waals surface area contributed by atoms with E-state index in [0.717, 1.165) is 6.42 Å². The van der Waals surface area contributed by atoms with E-state index < -0.39 is 21.4 Å². The molecule has 0 fully saturated rings. The molecule has 0 bridgehead atoms. The molecule has 0 saturated heterocycles. The van der Waals surface area contributed by atoms with Gasteiger partial charge in [-0.15, -0.1) is 10.2 Å². The first-order valence-electron chi connectivity index (χ1n) is 12.3. The molecule has 39 heavy (non-hydrogen) atoms. The summed E-state index contributed by atoms with van der Waals surface area (Å²) < 4.78 is 53.9. The van der Waals surface area contributed by atoms with E-state index in [2.05, 4.69) is 19.9 Å². The Morgan fingerprint density at radius 3 is 2.51 bits per heavy atom. The molecule has 1 aliphatic heterocycles. The van der Waals surface area contributed by atoms with E-state index in [9.17, 15) is 13.5 Å².